The van der Waals surface area contributed by atoms with Crippen LogP contribution in [0.5, 0.6) is 0 Å². The van der Waals surface area contributed by atoms with E-state index >= 15 is 0 Å². The molecular formula is C20H28N4O2. The lowest BCUT2D eigenvalue weighted by Crippen LogP contribution is -2.47. The Bertz CT molecular complexity index is 724. The maximum atomic E-state index is 12.5. The summed E-state index contributed by atoms with van der Waals surface area (Å²) in [5, 5.41) is 4.05. The third-order valence-electron chi connectivity index (χ3n) is 5.08. The number of aromatic nitrogens is 2. The molecule has 1 aliphatic heterocycles. The highest BCUT2D eigenvalue weighted by Crippen LogP contribution is 2.21. The van der Waals surface area contributed by atoms with Gasteiger partial charge in [-0.15, -0.1) is 0 Å². The molecule has 2 aromatic rings. The van der Waals surface area contributed by atoms with Gasteiger partial charge < -0.3 is 15.2 Å². The number of nitrogens with zero attached hydrogens (tertiary/aromatic N) is 3. The average Bonchev–Trinajstić information content (AvgIpc) is 3.15. The molecule has 0 spiro atoms. The summed E-state index contributed by atoms with van der Waals surface area (Å²) < 4.78 is 5.33. The van der Waals surface area contributed by atoms with Gasteiger partial charge in [0.05, 0.1) is 0 Å². The molecule has 0 radical (unpaired) electrons. The Morgan fingerprint density at radius 3 is 2.77 bits per heavy atom. The number of carbonyl (C=O) groups excluding carboxylic acids is 1. The molecule has 0 aliphatic carbocycles. The van der Waals surface area contributed by atoms with Gasteiger partial charge in [0.1, 0.15) is 0 Å². The van der Waals surface area contributed by atoms with Gasteiger partial charge in [-0.3, -0.25) is 4.79 Å². The summed E-state index contributed by atoms with van der Waals surface area (Å²) in [7, 11) is 0. The first-order valence-corrected chi connectivity index (χ1v) is 9.51. The molecule has 1 saturated heterocycles. The number of piperidine rings is 1. The fraction of sp³-hybridized carbons (Fsp3) is 0.550. The van der Waals surface area contributed by atoms with Crippen LogP contribution in [0.3, 0.4) is 0 Å². The second-order valence-corrected chi connectivity index (χ2v) is 7.26. The molecule has 2 heterocycles. The van der Waals surface area contributed by atoms with Crippen LogP contribution in [0.4, 0.5) is 0 Å². The van der Waals surface area contributed by atoms with Crippen molar-refractivity contribution in [2.75, 3.05) is 13.1 Å². The lowest BCUT2D eigenvalue weighted by molar-refractivity contribution is -0.134. The molecule has 2 N–H and O–H groups in total. The van der Waals surface area contributed by atoms with Gasteiger partial charge in [-0.1, -0.05) is 43.3 Å². The second-order valence-electron chi connectivity index (χ2n) is 7.26. The highest BCUT2D eigenvalue weighted by atomic mass is 16.5. The van der Waals surface area contributed by atoms with E-state index in [0.717, 1.165) is 31.4 Å². The minimum Gasteiger partial charge on any atom is -0.339 e. The van der Waals surface area contributed by atoms with Crippen LogP contribution in [0.15, 0.2) is 28.8 Å². The molecule has 140 valence electrons. The molecule has 1 aromatic carbocycles. The molecule has 6 nitrogen and oxygen atoms in total. The summed E-state index contributed by atoms with van der Waals surface area (Å²) in [5.41, 5.74) is 8.00. The van der Waals surface area contributed by atoms with Gasteiger partial charge in [0, 0.05) is 37.5 Å². The minimum atomic E-state index is 0.126. The molecule has 0 saturated carbocycles. The number of carbonyl (C=O) groups is 1. The number of nitrogens with two attached hydrogens (primary N) is 1. The first-order valence-electron chi connectivity index (χ1n) is 9.51. The molecule has 26 heavy (non-hydrogen) atoms. The largest absolute Gasteiger partial charge is 0.339 e. The van der Waals surface area contributed by atoms with Crippen molar-refractivity contribution in [3.8, 4) is 11.4 Å². The Hall–Kier alpha value is -2.21. The van der Waals surface area contributed by atoms with E-state index < -0.39 is 0 Å². The quantitative estimate of drug-likeness (QED) is 0.859. The SMILES string of the molecule is CC(C)c1ccc(-c2noc(CCC(=O)N3CCCCC3CN)n2)cc1. The van der Waals surface area contributed by atoms with Crippen molar-refractivity contribution < 1.29 is 9.32 Å². The lowest BCUT2D eigenvalue weighted by Gasteiger charge is -2.35. The van der Waals surface area contributed by atoms with Crippen molar-refractivity contribution in [1.29, 1.82) is 0 Å². The maximum absolute atomic E-state index is 12.5. The van der Waals surface area contributed by atoms with E-state index in [1.54, 1.807) is 0 Å². The average molecular weight is 356 g/mol. The van der Waals surface area contributed by atoms with Gasteiger partial charge in [0.2, 0.25) is 17.6 Å². The molecule has 1 aliphatic rings. The minimum absolute atomic E-state index is 0.126. The third-order valence-corrected chi connectivity index (χ3v) is 5.08. The van der Waals surface area contributed by atoms with E-state index in [1.165, 1.54) is 5.56 Å². The Kier molecular flexibility index (Phi) is 6.04. The predicted octanol–water partition coefficient (Wildman–Crippen LogP) is 3.13. The number of aryl methyl sites for hydroxylation is 1. The van der Waals surface area contributed by atoms with Crippen molar-refractivity contribution in [2.45, 2.75) is 57.9 Å². The fourth-order valence-electron chi connectivity index (χ4n) is 3.42. The first-order chi connectivity index (χ1) is 12.6. The van der Waals surface area contributed by atoms with E-state index in [2.05, 4.69) is 36.1 Å². The summed E-state index contributed by atoms with van der Waals surface area (Å²) in [5.74, 6) is 1.69. The van der Waals surface area contributed by atoms with Crippen molar-refractivity contribution in [3.05, 3.63) is 35.7 Å². The van der Waals surface area contributed by atoms with E-state index in [4.69, 9.17) is 10.3 Å². The van der Waals surface area contributed by atoms with Gasteiger partial charge in [-0.25, -0.2) is 0 Å². The zero-order valence-electron chi connectivity index (χ0n) is 15.6. The molecule has 1 aromatic heterocycles. The Labute approximate surface area is 154 Å². The van der Waals surface area contributed by atoms with Crippen molar-refractivity contribution >= 4 is 5.91 Å². The molecule has 3 rings (SSSR count). The van der Waals surface area contributed by atoms with Crippen LogP contribution in [0.25, 0.3) is 11.4 Å². The van der Waals surface area contributed by atoms with Crippen molar-refractivity contribution in [2.24, 2.45) is 5.73 Å². The summed E-state index contributed by atoms with van der Waals surface area (Å²) in [6.07, 6.45) is 4.04. The summed E-state index contributed by atoms with van der Waals surface area (Å²) in [6.45, 7) is 5.66. The van der Waals surface area contributed by atoms with Crippen molar-refractivity contribution in [3.63, 3.8) is 0 Å². The fourth-order valence-corrected chi connectivity index (χ4v) is 3.42. The molecule has 1 fully saturated rings. The Balaban J connectivity index is 1.59. The van der Waals surface area contributed by atoms with Crippen LogP contribution in [0, 0.1) is 0 Å². The van der Waals surface area contributed by atoms with Gasteiger partial charge in [-0.2, -0.15) is 4.98 Å². The van der Waals surface area contributed by atoms with E-state index in [1.807, 2.05) is 17.0 Å². The van der Waals surface area contributed by atoms with E-state index in [-0.39, 0.29) is 11.9 Å². The zero-order chi connectivity index (χ0) is 18.5. The van der Waals surface area contributed by atoms with Crippen LogP contribution in [-0.4, -0.2) is 40.1 Å². The number of hydrogen-bond donors (Lipinski definition) is 1. The summed E-state index contributed by atoms with van der Waals surface area (Å²) in [4.78, 5) is 18.9. The highest BCUT2D eigenvalue weighted by molar-refractivity contribution is 5.76. The number of likely N-dealkylation sites (tertiary alicyclic amines) is 1. The van der Waals surface area contributed by atoms with Crippen LogP contribution in [-0.2, 0) is 11.2 Å². The van der Waals surface area contributed by atoms with Gasteiger partial charge >= 0.3 is 0 Å². The Morgan fingerprint density at radius 1 is 1.31 bits per heavy atom. The molecule has 6 heteroatoms. The van der Waals surface area contributed by atoms with Gasteiger partial charge in [0.15, 0.2) is 0 Å². The van der Waals surface area contributed by atoms with Gasteiger partial charge in [-0.05, 0) is 30.7 Å². The summed E-state index contributed by atoms with van der Waals surface area (Å²) in [6, 6.07) is 8.36. The number of hydrogen-bond acceptors (Lipinski definition) is 5. The molecule has 0 bridgehead atoms. The van der Waals surface area contributed by atoms with Crippen LogP contribution in [0.1, 0.15) is 56.9 Å². The molecule has 1 amide bonds. The van der Waals surface area contributed by atoms with Crippen LogP contribution in [0.2, 0.25) is 0 Å². The van der Waals surface area contributed by atoms with Crippen LogP contribution >= 0.6 is 0 Å². The first kappa shape index (κ1) is 18.6. The van der Waals surface area contributed by atoms with Crippen LogP contribution < -0.4 is 5.73 Å². The third kappa shape index (κ3) is 4.30. The molecular weight excluding hydrogens is 328 g/mol. The molecule has 1 atom stereocenters. The summed E-state index contributed by atoms with van der Waals surface area (Å²) >= 11 is 0. The topological polar surface area (TPSA) is 85.2 Å². The van der Waals surface area contributed by atoms with Crippen molar-refractivity contribution in [1.82, 2.24) is 15.0 Å². The standard InChI is InChI=1S/C20H28N4O2/c1-14(2)15-6-8-16(9-7-15)20-22-18(26-23-20)10-11-19(25)24-12-4-3-5-17(24)13-21/h6-9,14,17H,3-5,10-13,21H2,1-2H3. The zero-order valence-corrected chi connectivity index (χ0v) is 15.6. The normalized spacial score (nSPS) is 17.7. The molecule has 1 unspecified atom stereocenters. The smallest absolute Gasteiger partial charge is 0.227 e. The second kappa shape index (κ2) is 8.45. The highest BCUT2D eigenvalue weighted by Gasteiger charge is 2.25. The number of amides is 1. The van der Waals surface area contributed by atoms with Gasteiger partial charge in [0.25, 0.3) is 0 Å². The number of benzene rings is 1. The van der Waals surface area contributed by atoms with E-state index in [0.29, 0.717) is 37.0 Å². The number of rotatable bonds is 6. The lowest BCUT2D eigenvalue weighted by atomic mass is 10.0. The monoisotopic (exact) mass is 356 g/mol. The Morgan fingerprint density at radius 2 is 2.08 bits per heavy atom. The maximum Gasteiger partial charge on any atom is 0.227 e. The van der Waals surface area contributed by atoms with E-state index in [9.17, 15) is 4.79 Å². The predicted molar refractivity (Wildman–Crippen MR) is 101 cm³/mol.